The molecule has 2 unspecified atom stereocenters. The van der Waals surface area contributed by atoms with Crippen molar-refractivity contribution in [3.8, 4) is 5.75 Å². The SMILES string of the molecule is CCC(C)n1c(SC(C)C(=O)Nc2ccccc2OC)nc2ccccc2c1=O. The van der Waals surface area contributed by atoms with Crippen LogP contribution in [-0.2, 0) is 4.79 Å². The third-order valence-corrected chi connectivity index (χ3v) is 5.89. The summed E-state index contributed by atoms with van der Waals surface area (Å²) in [5.74, 6) is 0.413. The number of methoxy groups -OCH3 is 1. The molecule has 0 aliphatic rings. The molecule has 0 aliphatic carbocycles. The molecule has 3 rings (SSSR count). The van der Waals surface area contributed by atoms with Gasteiger partial charge in [-0.3, -0.25) is 14.2 Å². The second-order valence-corrected chi connectivity index (χ2v) is 8.10. The van der Waals surface area contributed by atoms with E-state index in [2.05, 4.69) is 10.3 Å². The fraction of sp³-hybridized carbons (Fsp3) is 0.318. The summed E-state index contributed by atoms with van der Waals surface area (Å²) in [6.07, 6.45) is 0.787. The normalized spacial score (nSPS) is 13.1. The van der Waals surface area contributed by atoms with Gasteiger partial charge in [0.15, 0.2) is 5.16 Å². The molecule has 0 aliphatic heterocycles. The molecule has 152 valence electrons. The quantitative estimate of drug-likeness (QED) is 0.458. The number of para-hydroxylation sites is 3. The minimum atomic E-state index is -0.455. The molecule has 3 aromatic rings. The van der Waals surface area contributed by atoms with Crippen LogP contribution in [-0.4, -0.2) is 27.8 Å². The van der Waals surface area contributed by atoms with Crippen molar-refractivity contribution in [2.24, 2.45) is 0 Å². The highest BCUT2D eigenvalue weighted by Crippen LogP contribution is 2.28. The maximum Gasteiger partial charge on any atom is 0.262 e. The lowest BCUT2D eigenvalue weighted by Gasteiger charge is -2.20. The van der Waals surface area contributed by atoms with Crippen molar-refractivity contribution in [3.05, 3.63) is 58.9 Å². The highest BCUT2D eigenvalue weighted by atomic mass is 32.2. The first-order valence-electron chi connectivity index (χ1n) is 9.58. The molecule has 0 spiro atoms. The Kier molecular flexibility index (Phi) is 6.59. The Hall–Kier alpha value is -2.80. The lowest BCUT2D eigenvalue weighted by atomic mass is 10.2. The molecular weight excluding hydrogens is 386 g/mol. The summed E-state index contributed by atoms with van der Waals surface area (Å²) >= 11 is 1.28. The zero-order valence-corrected chi connectivity index (χ0v) is 17.8. The average molecular weight is 412 g/mol. The van der Waals surface area contributed by atoms with Gasteiger partial charge in [0.05, 0.1) is 29.0 Å². The fourth-order valence-electron chi connectivity index (χ4n) is 2.97. The minimum Gasteiger partial charge on any atom is -0.495 e. The predicted octanol–water partition coefficient (Wildman–Crippen LogP) is 4.50. The summed E-state index contributed by atoms with van der Waals surface area (Å²) in [6.45, 7) is 5.82. The number of ether oxygens (including phenoxy) is 1. The van der Waals surface area contributed by atoms with E-state index in [1.165, 1.54) is 11.8 Å². The minimum absolute atomic E-state index is 0.0217. The number of carbonyl (C=O) groups excluding carboxylic acids is 1. The Morgan fingerprint density at radius 1 is 1.17 bits per heavy atom. The molecule has 6 nitrogen and oxygen atoms in total. The van der Waals surface area contributed by atoms with Crippen LogP contribution in [0.1, 0.15) is 33.2 Å². The average Bonchev–Trinajstić information content (AvgIpc) is 2.73. The van der Waals surface area contributed by atoms with Crippen LogP contribution in [0.15, 0.2) is 58.5 Å². The number of benzene rings is 2. The molecule has 0 bridgehead atoms. The lowest BCUT2D eigenvalue weighted by molar-refractivity contribution is -0.115. The van der Waals surface area contributed by atoms with E-state index in [0.29, 0.717) is 27.5 Å². The summed E-state index contributed by atoms with van der Waals surface area (Å²) in [4.78, 5) is 30.5. The van der Waals surface area contributed by atoms with Gasteiger partial charge in [0, 0.05) is 6.04 Å². The molecule has 2 atom stereocenters. The fourth-order valence-corrected chi connectivity index (χ4v) is 3.98. The van der Waals surface area contributed by atoms with Crippen LogP contribution in [0.3, 0.4) is 0 Å². The van der Waals surface area contributed by atoms with E-state index in [4.69, 9.17) is 4.74 Å². The van der Waals surface area contributed by atoms with Gasteiger partial charge in [0.25, 0.3) is 5.56 Å². The van der Waals surface area contributed by atoms with E-state index in [9.17, 15) is 9.59 Å². The maximum absolute atomic E-state index is 13.1. The van der Waals surface area contributed by atoms with Crippen molar-refractivity contribution >= 4 is 34.3 Å². The number of fused-ring (bicyclic) bond motifs is 1. The first-order valence-corrected chi connectivity index (χ1v) is 10.5. The Morgan fingerprint density at radius 3 is 2.59 bits per heavy atom. The summed E-state index contributed by atoms with van der Waals surface area (Å²) < 4.78 is 6.99. The number of aromatic nitrogens is 2. The predicted molar refractivity (Wildman–Crippen MR) is 118 cm³/mol. The first-order chi connectivity index (χ1) is 14.0. The number of anilines is 1. The highest BCUT2D eigenvalue weighted by Gasteiger charge is 2.22. The van der Waals surface area contributed by atoms with Crippen LogP contribution in [0.25, 0.3) is 10.9 Å². The molecule has 1 amide bonds. The summed E-state index contributed by atoms with van der Waals surface area (Å²) in [7, 11) is 1.56. The van der Waals surface area contributed by atoms with Crippen molar-refractivity contribution in [2.75, 3.05) is 12.4 Å². The van der Waals surface area contributed by atoms with E-state index in [-0.39, 0.29) is 17.5 Å². The van der Waals surface area contributed by atoms with Crippen LogP contribution >= 0.6 is 11.8 Å². The van der Waals surface area contributed by atoms with Crippen molar-refractivity contribution in [1.29, 1.82) is 0 Å². The number of rotatable bonds is 7. The van der Waals surface area contributed by atoms with E-state index in [1.807, 2.05) is 44.2 Å². The second kappa shape index (κ2) is 9.13. The number of carbonyl (C=O) groups is 1. The van der Waals surface area contributed by atoms with Crippen molar-refractivity contribution in [1.82, 2.24) is 9.55 Å². The summed E-state index contributed by atoms with van der Waals surface area (Å²) in [6, 6.07) is 14.5. The van der Waals surface area contributed by atoms with Gasteiger partial charge in [-0.1, -0.05) is 43.0 Å². The molecule has 1 N–H and O–H groups in total. The van der Waals surface area contributed by atoms with Gasteiger partial charge in [0.2, 0.25) is 5.91 Å². The van der Waals surface area contributed by atoms with Crippen molar-refractivity contribution in [3.63, 3.8) is 0 Å². The second-order valence-electron chi connectivity index (χ2n) is 6.79. The van der Waals surface area contributed by atoms with Gasteiger partial charge in [-0.25, -0.2) is 4.98 Å². The van der Waals surface area contributed by atoms with E-state index in [0.717, 1.165) is 6.42 Å². The molecule has 0 radical (unpaired) electrons. The third-order valence-electron chi connectivity index (χ3n) is 4.82. The Morgan fingerprint density at radius 2 is 1.86 bits per heavy atom. The Bertz CT molecular complexity index is 1080. The van der Waals surface area contributed by atoms with Crippen LogP contribution in [0.2, 0.25) is 0 Å². The number of nitrogens with one attached hydrogen (secondary N) is 1. The zero-order chi connectivity index (χ0) is 21.0. The molecular formula is C22H25N3O3S. The van der Waals surface area contributed by atoms with Gasteiger partial charge < -0.3 is 10.1 Å². The topological polar surface area (TPSA) is 73.2 Å². The molecule has 7 heteroatoms. The lowest BCUT2D eigenvalue weighted by Crippen LogP contribution is -2.28. The highest BCUT2D eigenvalue weighted by molar-refractivity contribution is 8.00. The van der Waals surface area contributed by atoms with E-state index < -0.39 is 5.25 Å². The Labute approximate surface area is 174 Å². The molecule has 1 aromatic heterocycles. The smallest absolute Gasteiger partial charge is 0.262 e. The molecule has 2 aromatic carbocycles. The molecule has 0 saturated carbocycles. The van der Waals surface area contributed by atoms with Gasteiger partial charge in [0.1, 0.15) is 5.75 Å². The van der Waals surface area contributed by atoms with Crippen LogP contribution < -0.4 is 15.6 Å². The number of amides is 1. The molecule has 1 heterocycles. The van der Waals surface area contributed by atoms with Crippen LogP contribution in [0.5, 0.6) is 5.75 Å². The summed E-state index contributed by atoms with van der Waals surface area (Å²) in [5, 5.41) is 3.57. The largest absolute Gasteiger partial charge is 0.495 e. The summed E-state index contributed by atoms with van der Waals surface area (Å²) in [5.41, 5.74) is 1.17. The van der Waals surface area contributed by atoms with Gasteiger partial charge in [-0.15, -0.1) is 0 Å². The maximum atomic E-state index is 13.1. The standard InChI is InChI=1S/C22H25N3O3S/c1-5-14(2)25-21(27)16-10-6-7-11-17(16)24-22(25)29-15(3)20(26)23-18-12-8-9-13-19(18)28-4/h6-15H,5H2,1-4H3,(H,23,26). The number of hydrogen-bond acceptors (Lipinski definition) is 5. The zero-order valence-electron chi connectivity index (χ0n) is 17.0. The molecule has 29 heavy (non-hydrogen) atoms. The third kappa shape index (κ3) is 4.45. The number of hydrogen-bond donors (Lipinski definition) is 1. The van der Waals surface area contributed by atoms with Gasteiger partial charge >= 0.3 is 0 Å². The van der Waals surface area contributed by atoms with Gasteiger partial charge in [-0.2, -0.15) is 0 Å². The monoisotopic (exact) mass is 411 g/mol. The van der Waals surface area contributed by atoms with Crippen LogP contribution in [0.4, 0.5) is 5.69 Å². The molecule has 0 saturated heterocycles. The van der Waals surface area contributed by atoms with Crippen molar-refractivity contribution < 1.29 is 9.53 Å². The van der Waals surface area contributed by atoms with E-state index in [1.54, 1.807) is 36.8 Å². The first kappa shape index (κ1) is 20.9. The van der Waals surface area contributed by atoms with Crippen molar-refractivity contribution in [2.45, 2.75) is 43.6 Å². The van der Waals surface area contributed by atoms with E-state index >= 15 is 0 Å². The van der Waals surface area contributed by atoms with Gasteiger partial charge in [-0.05, 0) is 44.5 Å². The Balaban J connectivity index is 1.92. The van der Waals surface area contributed by atoms with Crippen LogP contribution in [0, 0.1) is 0 Å². The number of thioether (sulfide) groups is 1. The number of nitrogens with zero attached hydrogens (tertiary/aromatic N) is 2. The molecule has 0 fully saturated rings.